The maximum Gasteiger partial charge on any atom is 0.125 e. The Morgan fingerprint density at radius 3 is 2.70 bits per heavy atom. The van der Waals surface area contributed by atoms with Crippen LogP contribution in [0.15, 0.2) is 18.2 Å². The van der Waals surface area contributed by atoms with Gasteiger partial charge in [0, 0.05) is 18.2 Å². The van der Waals surface area contributed by atoms with Crippen LogP contribution < -0.4 is 4.74 Å². The largest absolute Gasteiger partial charge is 0.493 e. The summed E-state index contributed by atoms with van der Waals surface area (Å²) in [6.07, 6.45) is 2.71. The molecule has 0 bridgehead atoms. The lowest BCUT2D eigenvalue weighted by Gasteiger charge is -2.35. The molecule has 0 spiro atoms. The minimum atomic E-state index is -0.467. The number of benzene rings is 1. The van der Waals surface area contributed by atoms with Gasteiger partial charge in [-0.05, 0) is 72.4 Å². The summed E-state index contributed by atoms with van der Waals surface area (Å²) in [4.78, 5) is 4.80. The molecule has 1 aliphatic heterocycles. The van der Waals surface area contributed by atoms with Gasteiger partial charge in [-0.25, -0.2) is 0 Å². The molecule has 1 aliphatic rings. The number of hydrogen-bond acceptors (Lipinski definition) is 4. The summed E-state index contributed by atoms with van der Waals surface area (Å²) in [7, 11) is 4.37. The Morgan fingerprint density at radius 1 is 1.35 bits per heavy atom. The molecule has 1 N–H and O–H groups in total. The fourth-order valence-electron chi connectivity index (χ4n) is 3.31. The van der Waals surface area contributed by atoms with Gasteiger partial charge >= 0.3 is 0 Å². The SMILES string of the molecule is CCOc1ccc(C)cc1C(O)CCN(C)C1CCN(C)CC1. The Balaban J connectivity index is 1.91. The average molecular weight is 320 g/mol. The van der Waals surface area contributed by atoms with Gasteiger partial charge in [0.2, 0.25) is 0 Å². The Kier molecular flexibility index (Phi) is 6.88. The number of piperidine rings is 1. The van der Waals surface area contributed by atoms with Crippen LogP contribution in [0.4, 0.5) is 0 Å². The predicted octanol–water partition coefficient (Wildman–Crippen LogP) is 2.84. The standard InChI is InChI=1S/C19H32N2O2/c1-5-23-19-7-6-15(2)14-17(19)18(22)10-13-21(4)16-8-11-20(3)12-9-16/h6-7,14,16,18,22H,5,8-13H2,1-4H3. The van der Waals surface area contributed by atoms with Crippen LogP contribution in [-0.2, 0) is 0 Å². The van der Waals surface area contributed by atoms with E-state index in [0.29, 0.717) is 12.6 Å². The summed E-state index contributed by atoms with van der Waals surface area (Å²) < 4.78 is 5.67. The summed E-state index contributed by atoms with van der Waals surface area (Å²) in [5.74, 6) is 0.813. The molecule has 0 amide bonds. The molecule has 1 saturated heterocycles. The third-order valence-corrected chi connectivity index (χ3v) is 4.89. The van der Waals surface area contributed by atoms with Gasteiger partial charge in [-0.1, -0.05) is 11.6 Å². The molecule has 4 heteroatoms. The van der Waals surface area contributed by atoms with E-state index in [0.717, 1.165) is 29.8 Å². The lowest BCUT2D eigenvalue weighted by Crippen LogP contribution is -2.42. The third kappa shape index (κ3) is 5.20. The lowest BCUT2D eigenvalue weighted by atomic mass is 10.0. The molecule has 1 atom stereocenters. The Bertz CT molecular complexity index is 484. The molecule has 1 aromatic rings. The maximum absolute atomic E-state index is 10.6. The minimum absolute atomic E-state index is 0.467. The zero-order valence-electron chi connectivity index (χ0n) is 15.1. The Hall–Kier alpha value is -1.10. The van der Waals surface area contributed by atoms with E-state index in [4.69, 9.17) is 4.74 Å². The van der Waals surface area contributed by atoms with Crippen molar-refractivity contribution in [1.29, 1.82) is 0 Å². The van der Waals surface area contributed by atoms with Gasteiger partial charge in [0.25, 0.3) is 0 Å². The molecule has 1 unspecified atom stereocenters. The molecule has 2 rings (SSSR count). The zero-order chi connectivity index (χ0) is 16.8. The van der Waals surface area contributed by atoms with Crippen molar-refractivity contribution < 1.29 is 9.84 Å². The van der Waals surface area contributed by atoms with E-state index in [2.05, 4.69) is 30.8 Å². The Labute approximate surface area is 141 Å². The van der Waals surface area contributed by atoms with E-state index >= 15 is 0 Å². The van der Waals surface area contributed by atoms with Crippen LogP contribution in [0.5, 0.6) is 5.75 Å². The molecular weight excluding hydrogens is 288 g/mol. The van der Waals surface area contributed by atoms with Gasteiger partial charge in [0.15, 0.2) is 0 Å². The number of likely N-dealkylation sites (tertiary alicyclic amines) is 1. The molecule has 0 aromatic heterocycles. The van der Waals surface area contributed by atoms with Crippen molar-refractivity contribution in [2.75, 3.05) is 40.3 Å². The second kappa shape index (κ2) is 8.67. The number of ether oxygens (including phenoxy) is 1. The number of nitrogens with zero attached hydrogens (tertiary/aromatic N) is 2. The first-order valence-electron chi connectivity index (χ1n) is 8.81. The molecule has 1 heterocycles. The second-order valence-corrected chi connectivity index (χ2v) is 6.79. The van der Waals surface area contributed by atoms with Gasteiger partial charge in [0.1, 0.15) is 5.75 Å². The van der Waals surface area contributed by atoms with Gasteiger partial charge in [-0.3, -0.25) is 0 Å². The van der Waals surface area contributed by atoms with E-state index in [1.165, 1.54) is 25.9 Å². The minimum Gasteiger partial charge on any atom is -0.493 e. The average Bonchev–Trinajstić information content (AvgIpc) is 2.54. The molecule has 4 nitrogen and oxygen atoms in total. The summed E-state index contributed by atoms with van der Waals surface area (Å²) in [5.41, 5.74) is 2.08. The second-order valence-electron chi connectivity index (χ2n) is 6.79. The van der Waals surface area contributed by atoms with E-state index < -0.39 is 6.10 Å². The first kappa shape index (κ1) is 18.2. The number of rotatable bonds is 7. The van der Waals surface area contributed by atoms with E-state index in [-0.39, 0.29) is 0 Å². The van der Waals surface area contributed by atoms with Crippen molar-refractivity contribution in [1.82, 2.24) is 9.80 Å². The van der Waals surface area contributed by atoms with Gasteiger partial charge in [0.05, 0.1) is 12.7 Å². The third-order valence-electron chi connectivity index (χ3n) is 4.89. The number of aliphatic hydroxyl groups excluding tert-OH is 1. The molecule has 1 aromatic carbocycles. The highest BCUT2D eigenvalue weighted by atomic mass is 16.5. The van der Waals surface area contributed by atoms with E-state index in [1.54, 1.807) is 0 Å². The summed E-state index contributed by atoms with van der Waals surface area (Å²) in [5, 5.41) is 10.6. The quantitative estimate of drug-likeness (QED) is 0.838. The van der Waals surface area contributed by atoms with E-state index in [1.807, 2.05) is 25.1 Å². The molecule has 0 aliphatic carbocycles. The first-order chi connectivity index (χ1) is 11.0. The number of aliphatic hydroxyl groups is 1. The first-order valence-corrected chi connectivity index (χ1v) is 8.81. The topological polar surface area (TPSA) is 35.9 Å². The van der Waals surface area contributed by atoms with Crippen LogP contribution >= 0.6 is 0 Å². The highest BCUT2D eigenvalue weighted by molar-refractivity contribution is 5.38. The van der Waals surface area contributed by atoms with E-state index in [9.17, 15) is 5.11 Å². The van der Waals surface area contributed by atoms with Crippen LogP contribution in [0.25, 0.3) is 0 Å². The van der Waals surface area contributed by atoms with Crippen molar-refractivity contribution in [3.63, 3.8) is 0 Å². The molecule has 23 heavy (non-hydrogen) atoms. The summed E-state index contributed by atoms with van der Waals surface area (Å²) in [6.45, 7) is 7.90. The van der Waals surface area contributed by atoms with Crippen molar-refractivity contribution in [3.8, 4) is 5.75 Å². The molecule has 1 fully saturated rings. The molecular formula is C19H32N2O2. The predicted molar refractivity (Wildman–Crippen MR) is 95.1 cm³/mol. The smallest absolute Gasteiger partial charge is 0.125 e. The lowest BCUT2D eigenvalue weighted by molar-refractivity contribution is 0.108. The van der Waals surface area contributed by atoms with Crippen molar-refractivity contribution in [2.24, 2.45) is 0 Å². The van der Waals surface area contributed by atoms with Crippen molar-refractivity contribution >= 4 is 0 Å². The number of aryl methyl sites for hydroxylation is 1. The molecule has 130 valence electrons. The van der Waals surface area contributed by atoms with Crippen LogP contribution in [0.1, 0.15) is 43.4 Å². The van der Waals surface area contributed by atoms with Gasteiger partial charge in [-0.15, -0.1) is 0 Å². The Morgan fingerprint density at radius 2 is 2.04 bits per heavy atom. The fourth-order valence-corrected chi connectivity index (χ4v) is 3.31. The zero-order valence-corrected chi connectivity index (χ0v) is 15.1. The van der Waals surface area contributed by atoms with Crippen molar-refractivity contribution in [3.05, 3.63) is 29.3 Å². The summed E-state index contributed by atoms with van der Waals surface area (Å²) in [6, 6.07) is 6.69. The van der Waals surface area contributed by atoms with Crippen LogP contribution in [0.3, 0.4) is 0 Å². The number of hydrogen-bond donors (Lipinski definition) is 1. The van der Waals surface area contributed by atoms with Gasteiger partial charge < -0.3 is 19.6 Å². The highest BCUT2D eigenvalue weighted by Gasteiger charge is 2.22. The fraction of sp³-hybridized carbons (Fsp3) is 0.684. The maximum atomic E-state index is 10.6. The monoisotopic (exact) mass is 320 g/mol. The van der Waals surface area contributed by atoms with Crippen LogP contribution in [-0.4, -0.2) is 61.3 Å². The van der Waals surface area contributed by atoms with Gasteiger partial charge in [-0.2, -0.15) is 0 Å². The molecule has 0 radical (unpaired) electrons. The van der Waals surface area contributed by atoms with Crippen LogP contribution in [0, 0.1) is 6.92 Å². The highest BCUT2D eigenvalue weighted by Crippen LogP contribution is 2.29. The van der Waals surface area contributed by atoms with Crippen LogP contribution in [0.2, 0.25) is 0 Å². The van der Waals surface area contributed by atoms with Crippen molar-refractivity contribution in [2.45, 2.75) is 45.3 Å². The summed E-state index contributed by atoms with van der Waals surface area (Å²) >= 11 is 0. The normalized spacial score (nSPS) is 18.3. The molecule has 0 saturated carbocycles.